The Morgan fingerprint density at radius 3 is 1.77 bits per heavy atom. The lowest BCUT2D eigenvalue weighted by molar-refractivity contribution is -0.420. The predicted molar refractivity (Wildman–Crippen MR) is 50.8 cm³/mol. The maximum absolute atomic E-state index is 5.43. The van der Waals surface area contributed by atoms with E-state index in [0.717, 1.165) is 6.42 Å². The lowest BCUT2D eigenvalue weighted by atomic mass is 10.4. The molecule has 0 radical (unpaired) electrons. The van der Waals surface area contributed by atoms with Gasteiger partial charge in [0.05, 0.1) is 13.2 Å². The first kappa shape index (κ1) is 12.8. The van der Waals surface area contributed by atoms with Gasteiger partial charge in [-0.05, 0) is 32.4 Å². The summed E-state index contributed by atoms with van der Waals surface area (Å²) in [5.41, 5.74) is 0. The summed E-state index contributed by atoms with van der Waals surface area (Å²) >= 11 is 0. The summed E-state index contributed by atoms with van der Waals surface area (Å²) in [6.07, 6.45) is 0.735. The minimum Gasteiger partial charge on any atom is -0.359 e. The standard InChI is InChI=1S/C9H21NO3/c1-5-9(11-6-2)10(12-7-3)13-8-4/h9H,5-8H2,1-4H3. The zero-order chi connectivity index (χ0) is 10.1. The highest BCUT2D eigenvalue weighted by molar-refractivity contribution is 4.43. The van der Waals surface area contributed by atoms with Crippen molar-refractivity contribution >= 4 is 0 Å². The molecule has 0 saturated heterocycles. The van der Waals surface area contributed by atoms with Gasteiger partial charge in [-0.25, -0.2) is 0 Å². The van der Waals surface area contributed by atoms with Crippen LogP contribution in [0.15, 0.2) is 0 Å². The minimum atomic E-state index is -0.107. The topological polar surface area (TPSA) is 30.9 Å². The van der Waals surface area contributed by atoms with Crippen LogP contribution in [0.25, 0.3) is 0 Å². The van der Waals surface area contributed by atoms with Crippen molar-refractivity contribution in [3.63, 3.8) is 0 Å². The first-order valence-electron chi connectivity index (χ1n) is 4.96. The van der Waals surface area contributed by atoms with Gasteiger partial charge < -0.3 is 4.74 Å². The highest BCUT2D eigenvalue weighted by Gasteiger charge is 2.17. The summed E-state index contributed by atoms with van der Waals surface area (Å²) in [6.45, 7) is 9.67. The summed E-state index contributed by atoms with van der Waals surface area (Å²) in [6, 6.07) is 0. The SMILES string of the molecule is CCOC(CC)N(OCC)OCC. The zero-order valence-electron chi connectivity index (χ0n) is 9.08. The van der Waals surface area contributed by atoms with E-state index in [1.165, 1.54) is 5.23 Å². The number of ether oxygens (including phenoxy) is 1. The van der Waals surface area contributed by atoms with E-state index in [1.54, 1.807) is 0 Å². The van der Waals surface area contributed by atoms with Crippen molar-refractivity contribution in [3.8, 4) is 0 Å². The van der Waals surface area contributed by atoms with Gasteiger partial charge in [0.2, 0.25) is 0 Å². The van der Waals surface area contributed by atoms with Gasteiger partial charge in [-0.1, -0.05) is 6.92 Å². The van der Waals surface area contributed by atoms with Crippen LogP contribution in [-0.4, -0.2) is 31.3 Å². The van der Waals surface area contributed by atoms with E-state index >= 15 is 0 Å². The number of nitrogens with zero attached hydrogens (tertiary/aromatic N) is 1. The summed E-state index contributed by atoms with van der Waals surface area (Å²) in [5.74, 6) is 0. The molecule has 0 aromatic rings. The lowest BCUT2D eigenvalue weighted by Crippen LogP contribution is -2.37. The van der Waals surface area contributed by atoms with Crippen LogP contribution in [0.3, 0.4) is 0 Å². The normalized spacial score (nSPS) is 13.6. The van der Waals surface area contributed by atoms with Gasteiger partial charge in [-0.2, -0.15) is 0 Å². The van der Waals surface area contributed by atoms with Gasteiger partial charge in [0.1, 0.15) is 0 Å². The van der Waals surface area contributed by atoms with Crippen LogP contribution in [0.2, 0.25) is 0 Å². The van der Waals surface area contributed by atoms with Crippen LogP contribution in [0.1, 0.15) is 34.1 Å². The molecule has 0 aromatic heterocycles. The number of hydrogen-bond donors (Lipinski definition) is 0. The molecule has 0 aliphatic rings. The lowest BCUT2D eigenvalue weighted by Gasteiger charge is -2.27. The van der Waals surface area contributed by atoms with E-state index in [9.17, 15) is 0 Å². The quantitative estimate of drug-likeness (QED) is 0.433. The fourth-order valence-corrected chi connectivity index (χ4v) is 0.978. The Labute approximate surface area is 80.7 Å². The van der Waals surface area contributed by atoms with Gasteiger partial charge in [0, 0.05) is 6.61 Å². The third kappa shape index (κ3) is 5.21. The predicted octanol–water partition coefficient (Wildman–Crippen LogP) is 1.96. The molecule has 0 aliphatic carbocycles. The number of rotatable bonds is 8. The zero-order valence-corrected chi connectivity index (χ0v) is 9.08. The molecule has 80 valence electrons. The highest BCUT2D eigenvalue weighted by atomic mass is 17.0. The average Bonchev–Trinajstić information content (AvgIpc) is 2.14. The average molecular weight is 191 g/mol. The molecule has 1 atom stereocenters. The Kier molecular flexibility index (Phi) is 8.33. The molecule has 0 aliphatic heterocycles. The van der Waals surface area contributed by atoms with E-state index < -0.39 is 0 Å². The van der Waals surface area contributed by atoms with Crippen molar-refractivity contribution in [2.24, 2.45) is 0 Å². The summed E-state index contributed by atoms with van der Waals surface area (Å²) in [7, 11) is 0. The monoisotopic (exact) mass is 191 g/mol. The minimum absolute atomic E-state index is 0.107. The van der Waals surface area contributed by atoms with E-state index in [4.69, 9.17) is 14.4 Å². The molecule has 4 nitrogen and oxygen atoms in total. The van der Waals surface area contributed by atoms with E-state index in [0.29, 0.717) is 19.8 Å². The molecule has 0 saturated carbocycles. The first-order valence-corrected chi connectivity index (χ1v) is 4.96. The fraction of sp³-hybridized carbons (Fsp3) is 1.00. The van der Waals surface area contributed by atoms with Gasteiger partial charge in [-0.15, -0.1) is 0 Å². The van der Waals surface area contributed by atoms with Crippen LogP contribution >= 0.6 is 0 Å². The Balaban J connectivity index is 3.94. The molecule has 0 fully saturated rings. The van der Waals surface area contributed by atoms with Crippen LogP contribution in [0.5, 0.6) is 0 Å². The van der Waals surface area contributed by atoms with Gasteiger partial charge >= 0.3 is 0 Å². The summed E-state index contributed by atoms with van der Waals surface area (Å²) < 4.78 is 5.43. The van der Waals surface area contributed by atoms with Crippen molar-refractivity contribution in [1.82, 2.24) is 5.23 Å². The van der Waals surface area contributed by atoms with Gasteiger partial charge in [0.15, 0.2) is 6.23 Å². The second-order valence-corrected chi connectivity index (χ2v) is 2.44. The maximum atomic E-state index is 5.43. The first-order chi connectivity index (χ1) is 6.29. The molecule has 0 aromatic carbocycles. The van der Waals surface area contributed by atoms with E-state index in [-0.39, 0.29) is 6.23 Å². The Morgan fingerprint density at radius 2 is 1.46 bits per heavy atom. The molecule has 0 bridgehead atoms. The Hall–Kier alpha value is -0.160. The van der Waals surface area contributed by atoms with Crippen LogP contribution in [0.4, 0.5) is 0 Å². The molecule has 4 heteroatoms. The Morgan fingerprint density at radius 1 is 0.923 bits per heavy atom. The number of hydroxylamine groups is 2. The molecule has 13 heavy (non-hydrogen) atoms. The molecule has 0 rings (SSSR count). The van der Waals surface area contributed by atoms with Gasteiger partial charge in [-0.3, -0.25) is 9.68 Å². The van der Waals surface area contributed by atoms with Crippen molar-refractivity contribution in [3.05, 3.63) is 0 Å². The number of hydrogen-bond acceptors (Lipinski definition) is 4. The third-order valence-electron chi connectivity index (χ3n) is 1.46. The van der Waals surface area contributed by atoms with Crippen molar-refractivity contribution < 1.29 is 14.4 Å². The third-order valence-corrected chi connectivity index (χ3v) is 1.46. The van der Waals surface area contributed by atoms with Crippen LogP contribution in [-0.2, 0) is 14.4 Å². The van der Waals surface area contributed by atoms with Crippen molar-refractivity contribution in [2.45, 2.75) is 40.3 Å². The van der Waals surface area contributed by atoms with E-state index in [2.05, 4.69) is 0 Å². The second-order valence-electron chi connectivity index (χ2n) is 2.44. The van der Waals surface area contributed by atoms with Crippen LogP contribution in [0, 0.1) is 0 Å². The van der Waals surface area contributed by atoms with E-state index in [1.807, 2.05) is 27.7 Å². The molecule has 0 spiro atoms. The second kappa shape index (κ2) is 8.44. The largest absolute Gasteiger partial charge is 0.359 e. The van der Waals surface area contributed by atoms with Crippen LogP contribution < -0.4 is 0 Å². The molecular weight excluding hydrogens is 170 g/mol. The maximum Gasteiger partial charge on any atom is 0.159 e. The Bertz CT molecular complexity index is 105. The molecular formula is C9H21NO3. The smallest absolute Gasteiger partial charge is 0.159 e. The summed E-state index contributed by atoms with van der Waals surface area (Å²) in [4.78, 5) is 10.5. The highest BCUT2D eigenvalue weighted by Crippen LogP contribution is 2.07. The van der Waals surface area contributed by atoms with Gasteiger partial charge in [0.25, 0.3) is 0 Å². The molecule has 0 N–H and O–H groups in total. The molecule has 0 heterocycles. The summed E-state index contributed by atoms with van der Waals surface area (Å²) in [5, 5.41) is 1.45. The fourth-order valence-electron chi connectivity index (χ4n) is 0.978. The molecule has 1 unspecified atom stereocenters. The molecule has 0 amide bonds. The van der Waals surface area contributed by atoms with Crippen molar-refractivity contribution in [2.75, 3.05) is 19.8 Å². The van der Waals surface area contributed by atoms with Crippen molar-refractivity contribution in [1.29, 1.82) is 0 Å².